The second-order valence-electron chi connectivity index (χ2n) is 7.22. The molecule has 152 valence electrons. The first-order valence-corrected chi connectivity index (χ1v) is 9.65. The van der Waals surface area contributed by atoms with Gasteiger partial charge in [0.15, 0.2) is 5.96 Å². The van der Waals surface area contributed by atoms with E-state index in [2.05, 4.69) is 52.5 Å². The average Bonchev–Trinajstić information content (AvgIpc) is 2.71. The number of hydrogen-bond donors (Lipinski definition) is 2. The first-order valence-electron chi connectivity index (χ1n) is 9.65. The molecule has 5 nitrogen and oxygen atoms in total. The molecule has 0 bridgehead atoms. The number of piperidine rings is 1. The van der Waals surface area contributed by atoms with Crippen molar-refractivity contribution >= 4 is 35.6 Å². The van der Waals surface area contributed by atoms with Crippen LogP contribution in [-0.2, 0) is 0 Å². The molecule has 0 amide bonds. The predicted molar refractivity (Wildman–Crippen MR) is 128 cm³/mol. The lowest BCUT2D eigenvalue weighted by Crippen LogP contribution is -2.38. The van der Waals surface area contributed by atoms with Crippen molar-refractivity contribution in [2.75, 3.05) is 32.1 Å². The largest absolute Gasteiger partial charge is 0.497 e. The molecule has 1 atom stereocenters. The lowest BCUT2D eigenvalue weighted by molar-refractivity contribution is 0.141. The number of ether oxygens (including phenoxy) is 1. The zero-order valence-electron chi connectivity index (χ0n) is 16.7. The highest BCUT2D eigenvalue weighted by atomic mass is 127. The number of nitrogens with zero attached hydrogens (tertiary/aromatic N) is 2. The molecule has 0 aliphatic carbocycles. The van der Waals surface area contributed by atoms with Crippen LogP contribution in [0, 0.1) is 5.92 Å². The third-order valence-corrected chi connectivity index (χ3v) is 5.24. The molecule has 1 fully saturated rings. The van der Waals surface area contributed by atoms with Gasteiger partial charge in [0.2, 0.25) is 0 Å². The van der Waals surface area contributed by atoms with Crippen LogP contribution in [0.3, 0.4) is 0 Å². The molecule has 1 aliphatic heterocycles. The SMILES string of the molecule is COc1ccc(NC(N)=NCC(c2ccccc2)N2CCC(C)CC2)cc1.I. The minimum absolute atomic E-state index is 0. The molecule has 1 aliphatic rings. The zero-order chi connectivity index (χ0) is 19.1. The van der Waals surface area contributed by atoms with Crippen LogP contribution < -0.4 is 15.8 Å². The standard InChI is InChI=1S/C22H30N4O.HI/c1-17-12-14-26(15-13-17)21(18-6-4-3-5-7-18)16-24-22(23)25-19-8-10-20(27-2)11-9-19;/h3-11,17,21H,12-16H2,1-2H3,(H3,23,24,25);1H. The fourth-order valence-electron chi connectivity index (χ4n) is 3.49. The van der Waals surface area contributed by atoms with Gasteiger partial charge in [0, 0.05) is 5.69 Å². The summed E-state index contributed by atoms with van der Waals surface area (Å²) in [4.78, 5) is 7.18. The Morgan fingerprint density at radius 1 is 1.14 bits per heavy atom. The van der Waals surface area contributed by atoms with Crippen molar-refractivity contribution in [3.05, 3.63) is 60.2 Å². The van der Waals surface area contributed by atoms with Crippen LogP contribution in [0.25, 0.3) is 0 Å². The van der Waals surface area contributed by atoms with Gasteiger partial charge in [-0.3, -0.25) is 9.89 Å². The molecule has 0 spiro atoms. The minimum atomic E-state index is 0. The van der Waals surface area contributed by atoms with E-state index in [0.717, 1.165) is 30.4 Å². The highest BCUT2D eigenvalue weighted by molar-refractivity contribution is 14.0. The quantitative estimate of drug-likeness (QED) is 0.353. The molecular formula is C22H31IN4O. The Morgan fingerprint density at radius 3 is 2.39 bits per heavy atom. The van der Waals surface area contributed by atoms with Crippen molar-refractivity contribution in [2.45, 2.75) is 25.8 Å². The Labute approximate surface area is 185 Å². The van der Waals surface area contributed by atoms with E-state index in [1.807, 2.05) is 24.3 Å². The Kier molecular flexibility index (Phi) is 9.05. The van der Waals surface area contributed by atoms with Gasteiger partial charge in [0.05, 0.1) is 19.7 Å². The van der Waals surface area contributed by atoms with Crippen molar-refractivity contribution < 1.29 is 4.74 Å². The van der Waals surface area contributed by atoms with Gasteiger partial charge in [0.25, 0.3) is 0 Å². The summed E-state index contributed by atoms with van der Waals surface area (Å²) in [5.74, 6) is 2.06. The van der Waals surface area contributed by atoms with E-state index in [1.165, 1.54) is 18.4 Å². The minimum Gasteiger partial charge on any atom is -0.497 e. The molecule has 1 saturated heterocycles. The molecule has 3 N–H and O–H groups in total. The van der Waals surface area contributed by atoms with Gasteiger partial charge in [-0.2, -0.15) is 0 Å². The van der Waals surface area contributed by atoms with Gasteiger partial charge < -0.3 is 15.8 Å². The summed E-state index contributed by atoms with van der Waals surface area (Å²) in [6.45, 7) is 5.21. The molecular weight excluding hydrogens is 463 g/mol. The molecule has 0 radical (unpaired) electrons. The number of rotatable bonds is 6. The number of likely N-dealkylation sites (tertiary alicyclic amines) is 1. The maximum absolute atomic E-state index is 6.14. The summed E-state index contributed by atoms with van der Waals surface area (Å²) in [6, 6.07) is 18.5. The normalized spacial score (nSPS) is 16.9. The van der Waals surface area contributed by atoms with Gasteiger partial charge in [-0.1, -0.05) is 37.3 Å². The fourth-order valence-corrected chi connectivity index (χ4v) is 3.49. The van der Waals surface area contributed by atoms with Crippen molar-refractivity contribution in [3.63, 3.8) is 0 Å². The number of halogens is 1. The summed E-state index contributed by atoms with van der Waals surface area (Å²) in [6.07, 6.45) is 2.49. The number of anilines is 1. The third-order valence-electron chi connectivity index (χ3n) is 5.24. The number of guanidine groups is 1. The molecule has 3 rings (SSSR count). The van der Waals surface area contributed by atoms with Crippen molar-refractivity contribution in [1.29, 1.82) is 0 Å². The summed E-state index contributed by atoms with van der Waals surface area (Å²) < 4.78 is 5.18. The second kappa shape index (κ2) is 11.3. The third kappa shape index (κ3) is 6.38. The maximum atomic E-state index is 6.14. The maximum Gasteiger partial charge on any atom is 0.193 e. The smallest absolute Gasteiger partial charge is 0.193 e. The highest BCUT2D eigenvalue weighted by Crippen LogP contribution is 2.27. The molecule has 0 aromatic heterocycles. The average molecular weight is 494 g/mol. The van der Waals surface area contributed by atoms with E-state index >= 15 is 0 Å². The van der Waals surface area contributed by atoms with E-state index in [1.54, 1.807) is 7.11 Å². The number of hydrogen-bond acceptors (Lipinski definition) is 3. The van der Waals surface area contributed by atoms with E-state index in [9.17, 15) is 0 Å². The molecule has 1 unspecified atom stereocenters. The first kappa shape index (κ1) is 22.5. The van der Waals surface area contributed by atoms with Crippen LogP contribution in [0.1, 0.15) is 31.4 Å². The molecule has 2 aromatic rings. The lowest BCUT2D eigenvalue weighted by atomic mass is 9.96. The Balaban J connectivity index is 0.00000280. The van der Waals surface area contributed by atoms with Gasteiger partial charge in [-0.15, -0.1) is 24.0 Å². The van der Waals surface area contributed by atoms with E-state index in [4.69, 9.17) is 10.5 Å². The van der Waals surface area contributed by atoms with Crippen molar-refractivity contribution in [3.8, 4) is 5.75 Å². The van der Waals surface area contributed by atoms with Gasteiger partial charge in [-0.25, -0.2) is 0 Å². The summed E-state index contributed by atoms with van der Waals surface area (Å²) >= 11 is 0. The topological polar surface area (TPSA) is 62.9 Å². The zero-order valence-corrected chi connectivity index (χ0v) is 19.0. The number of methoxy groups -OCH3 is 1. The van der Waals surface area contributed by atoms with E-state index in [0.29, 0.717) is 12.5 Å². The number of aliphatic imine (C=N–C) groups is 1. The Hall–Kier alpha value is -1.80. The highest BCUT2D eigenvalue weighted by Gasteiger charge is 2.24. The fraction of sp³-hybridized carbons (Fsp3) is 0.409. The Bertz CT molecular complexity index is 728. The van der Waals surface area contributed by atoms with E-state index in [-0.39, 0.29) is 30.0 Å². The van der Waals surface area contributed by atoms with E-state index < -0.39 is 0 Å². The molecule has 0 saturated carbocycles. The van der Waals surface area contributed by atoms with Gasteiger partial charge >= 0.3 is 0 Å². The number of benzene rings is 2. The molecule has 6 heteroatoms. The summed E-state index contributed by atoms with van der Waals surface area (Å²) in [7, 11) is 1.66. The monoisotopic (exact) mass is 494 g/mol. The van der Waals surface area contributed by atoms with Crippen LogP contribution in [0.5, 0.6) is 5.75 Å². The predicted octanol–water partition coefficient (Wildman–Crippen LogP) is 4.51. The second-order valence-corrected chi connectivity index (χ2v) is 7.22. The first-order chi connectivity index (χ1) is 13.2. The van der Waals surface area contributed by atoms with Crippen molar-refractivity contribution in [1.82, 2.24) is 4.90 Å². The summed E-state index contributed by atoms with van der Waals surface area (Å²) in [5.41, 5.74) is 8.35. The van der Waals surface area contributed by atoms with Crippen LogP contribution in [-0.4, -0.2) is 37.6 Å². The molecule has 28 heavy (non-hydrogen) atoms. The Morgan fingerprint density at radius 2 is 1.79 bits per heavy atom. The number of nitrogens with two attached hydrogens (primary N) is 1. The van der Waals surface area contributed by atoms with Gasteiger partial charge in [0.1, 0.15) is 5.75 Å². The van der Waals surface area contributed by atoms with Crippen LogP contribution in [0.2, 0.25) is 0 Å². The molecule has 2 aromatic carbocycles. The van der Waals surface area contributed by atoms with Crippen LogP contribution >= 0.6 is 24.0 Å². The van der Waals surface area contributed by atoms with Crippen LogP contribution in [0.4, 0.5) is 5.69 Å². The van der Waals surface area contributed by atoms with Crippen molar-refractivity contribution in [2.24, 2.45) is 16.6 Å². The van der Waals surface area contributed by atoms with Gasteiger partial charge in [-0.05, 0) is 61.7 Å². The molecule has 1 heterocycles. The number of nitrogens with one attached hydrogen (secondary N) is 1. The van der Waals surface area contributed by atoms with Crippen LogP contribution in [0.15, 0.2) is 59.6 Å². The lowest BCUT2D eigenvalue weighted by Gasteiger charge is -2.36. The summed E-state index contributed by atoms with van der Waals surface area (Å²) in [5, 5.41) is 3.16.